The van der Waals surface area contributed by atoms with Crippen LogP contribution in [0.25, 0.3) is 11.3 Å². The zero-order valence-corrected chi connectivity index (χ0v) is 20.2. The number of rotatable bonds is 8. The van der Waals surface area contributed by atoms with Crippen LogP contribution in [0.1, 0.15) is 22.3 Å². The van der Waals surface area contributed by atoms with Crippen LogP contribution in [0.15, 0.2) is 55.1 Å². The molecule has 3 aromatic heterocycles. The van der Waals surface area contributed by atoms with Crippen LogP contribution in [0.4, 0.5) is 14.6 Å². The number of methoxy groups -OCH3 is 2. The molecule has 0 unspecified atom stereocenters. The molecule has 0 aliphatic rings. The molecule has 4 aromatic rings. The predicted octanol–water partition coefficient (Wildman–Crippen LogP) is 6.00. The normalized spacial score (nSPS) is 10.8. The van der Waals surface area contributed by atoms with E-state index in [0.29, 0.717) is 29.2 Å². The maximum atomic E-state index is 15.3. The van der Waals surface area contributed by atoms with E-state index in [1.807, 2.05) is 13.0 Å². The van der Waals surface area contributed by atoms with Gasteiger partial charge in [0.05, 0.1) is 19.2 Å². The Bertz CT molecular complexity index is 1370. The van der Waals surface area contributed by atoms with Gasteiger partial charge in [-0.3, -0.25) is 9.97 Å². The average Bonchev–Trinajstić information content (AvgIpc) is 2.86. The van der Waals surface area contributed by atoms with Gasteiger partial charge in [-0.1, -0.05) is 11.6 Å². The first-order chi connectivity index (χ1) is 16.9. The van der Waals surface area contributed by atoms with E-state index in [2.05, 4.69) is 20.3 Å². The number of hydrogen-bond acceptors (Lipinski definition) is 6. The van der Waals surface area contributed by atoms with Gasteiger partial charge in [-0.05, 0) is 47.9 Å². The molecule has 4 rings (SSSR count). The molecule has 0 saturated carbocycles. The molecule has 180 valence electrons. The van der Waals surface area contributed by atoms with E-state index < -0.39 is 11.6 Å². The predicted molar refractivity (Wildman–Crippen MR) is 131 cm³/mol. The lowest BCUT2D eigenvalue weighted by Gasteiger charge is -2.14. The zero-order valence-electron chi connectivity index (χ0n) is 19.4. The number of ether oxygens (including phenoxy) is 2. The summed E-state index contributed by atoms with van der Waals surface area (Å²) in [6, 6.07) is 8.23. The fourth-order valence-electron chi connectivity index (χ4n) is 3.72. The van der Waals surface area contributed by atoms with E-state index in [1.165, 1.54) is 18.5 Å². The smallest absolute Gasteiger partial charge is 0.168 e. The first-order valence-electron chi connectivity index (χ1n) is 10.7. The standard InChI is InChI=1S/C26H23ClF2N4O2/c1-15-18(11-30-14-21(15)25-22(28)9-19(27)13-32-25)8-16-6-7-31-26(24(16)29)33-12-17-4-5-20(34-2)10-23(17)35-3/h4-7,9-11,13-14H,8,12H2,1-3H3,(H,31,33). The summed E-state index contributed by atoms with van der Waals surface area (Å²) in [7, 11) is 3.14. The Labute approximate surface area is 206 Å². The van der Waals surface area contributed by atoms with Crippen LogP contribution >= 0.6 is 11.6 Å². The molecule has 1 aromatic carbocycles. The van der Waals surface area contributed by atoms with Crippen LogP contribution < -0.4 is 14.8 Å². The second-order valence-corrected chi connectivity index (χ2v) is 8.23. The Hall–Kier alpha value is -3.78. The summed E-state index contributed by atoms with van der Waals surface area (Å²) < 4.78 is 40.4. The molecular weight excluding hydrogens is 474 g/mol. The van der Waals surface area contributed by atoms with E-state index in [9.17, 15) is 4.39 Å². The van der Waals surface area contributed by atoms with Crippen molar-refractivity contribution in [2.45, 2.75) is 19.9 Å². The monoisotopic (exact) mass is 496 g/mol. The van der Waals surface area contributed by atoms with Gasteiger partial charge in [-0.15, -0.1) is 0 Å². The van der Waals surface area contributed by atoms with Crippen LogP contribution in [-0.2, 0) is 13.0 Å². The van der Waals surface area contributed by atoms with E-state index in [1.54, 1.807) is 44.8 Å². The topological polar surface area (TPSA) is 69.2 Å². The van der Waals surface area contributed by atoms with E-state index >= 15 is 4.39 Å². The molecule has 6 nitrogen and oxygen atoms in total. The van der Waals surface area contributed by atoms with Gasteiger partial charge in [-0.25, -0.2) is 13.8 Å². The number of anilines is 1. The fraction of sp³-hybridized carbons (Fsp3) is 0.192. The number of aromatic nitrogens is 3. The lowest BCUT2D eigenvalue weighted by atomic mass is 9.97. The van der Waals surface area contributed by atoms with Crippen LogP contribution in [-0.4, -0.2) is 29.2 Å². The summed E-state index contributed by atoms with van der Waals surface area (Å²) in [5.41, 5.74) is 3.41. The molecule has 0 radical (unpaired) electrons. The maximum Gasteiger partial charge on any atom is 0.168 e. The molecule has 0 saturated heterocycles. The van der Waals surface area contributed by atoms with Gasteiger partial charge < -0.3 is 14.8 Å². The first-order valence-corrected chi connectivity index (χ1v) is 11.1. The summed E-state index contributed by atoms with van der Waals surface area (Å²) in [6.45, 7) is 2.13. The molecule has 0 bridgehead atoms. The van der Waals surface area contributed by atoms with Crippen molar-refractivity contribution in [3.8, 4) is 22.8 Å². The van der Waals surface area contributed by atoms with Crippen molar-refractivity contribution >= 4 is 17.4 Å². The molecule has 9 heteroatoms. The number of benzene rings is 1. The van der Waals surface area contributed by atoms with Gasteiger partial charge in [-0.2, -0.15) is 0 Å². The molecule has 0 aliphatic heterocycles. The second-order valence-electron chi connectivity index (χ2n) is 7.80. The third kappa shape index (κ3) is 5.33. The van der Waals surface area contributed by atoms with Crippen molar-refractivity contribution in [1.82, 2.24) is 15.0 Å². The van der Waals surface area contributed by atoms with Crippen LogP contribution in [0.2, 0.25) is 5.02 Å². The van der Waals surface area contributed by atoms with Crippen molar-refractivity contribution < 1.29 is 18.3 Å². The summed E-state index contributed by atoms with van der Waals surface area (Å²) in [6.07, 6.45) is 6.35. The number of nitrogens with one attached hydrogen (secondary N) is 1. The van der Waals surface area contributed by atoms with Gasteiger partial charge in [0.2, 0.25) is 0 Å². The molecule has 0 amide bonds. The van der Waals surface area contributed by atoms with Crippen LogP contribution in [0.5, 0.6) is 11.5 Å². The Kier molecular flexibility index (Phi) is 7.41. The zero-order chi connectivity index (χ0) is 24.9. The van der Waals surface area contributed by atoms with E-state index in [-0.39, 0.29) is 23.0 Å². The highest BCUT2D eigenvalue weighted by Gasteiger charge is 2.16. The van der Waals surface area contributed by atoms with Crippen molar-refractivity contribution in [3.63, 3.8) is 0 Å². The first kappa shape index (κ1) is 24.3. The molecule has 0 atom stereocenters. The SMILES string of the molecule is COc1ccc(CNc2nccc(Cc3cncc(-c4ncc(Cl)cc4F)c3C)c2F)c(OC)c1. The molecule has 3 heterocycles. The van der Waals surface area contributed by atoms with Crippen molar-refractivity contribution in [3.05, 3.63) is 94.0 Å². The highest BCUT2D eigenvalue weighted by atomic mass is 35.5. The molecule has 0 fully saturated rings. The molecule has 0 aliphatic carbocycles. The Morgan fingerprint density at radius 3 is 2.51 bits per heavy atom. The Balaban J connectivity index is 1.57. The number of hydrogen-bond donors (Lipinski definition) is 1. The third-order valence-corrected chi connectivity index (χ3v) is 5.88. The summed E-state index contributed by atoms with van der Waals surface area (Å²) >= 11 is 5.83. The molecule has 0 spiro atoms. The van der Waals surface area contributed by atoms with Gasteiger partial charge >= 0.3 is 0 Å². The molecule has 35 heavy (non-hydrogen) atoms. The van der Waals surface area contributed by atoms with Gasteiger partial charge in [0.1, 0.15) is 17.2 Å². The average molecular weight is 497 g/mol. The lowest BCUT2D eigenvalue weighted by Crippen LogP contribution is -2.07. The summed E-state index contributed by atoms with van der Waals surface area (Å²) in [5.74, 6) is 0.384. The minimum absolute atomic E-state index is 0.118. The van der Waals surface area contributed by atoms with Crippen molar-refractivity contribution in [1.29, 1.82) is 0 Å². The summed E-state index contributed by atoms with van der Waals surface area (Å²) in [4.78, 5) is 12.5. The lowest BCUT2D eigenvalue weighted by molar-refractivity contribution is 0.391. The van der Waals surface area contributed by atoms with E-state index in [4.69, 9.17) is 21.1 Å². The van der Waals surface area contributed by atoms with Gasteiger partial charge in [0.15, 0.2) is 17.5 Å². The highest BCUT2D eigenvalue weighted by Crippen LogP contribution is 2.29. The highest BCUT2D eigenvalue weighted by molar-refractivity contribution is 6.30. The number of nitrogens with zero attached hydrogens (tertiary/aromatic N) is 3. The van der Waals surface area contributed by atoms with Crippen molar-refractivity contribution in [2.75, 3.05) is 19.5 Å². The number of halogens is 3. The minimum Gasteiger partial charge on any atom is -0.497 e. The summed E-state index contributed by atoms with van der Waals surface area (Å²) in [5, 5.41) is 3.25. The number of pyridine rings is 3. The minimum atomic E-state index is -0.546. The largest absolute Gasteiger partial charge is 0.497 e. The molecular formula is C26H23ClF2N4O2. The van der Waals surface area contributed by atoms with Gasteiger partial charge in [0.25, 0.3) is 0 Å². The van der Waals surface area contributed by atoms with Crippen molar-refractivity contribution in [2.24, 2.45) is 0 Å². The Morgan fingerprint density at radius 2 is 1.77 bits per heavy atom. The fourth-order valence-corrected chi connectivity index (χ4v) is 3.87. The quantitative estimate of drug-likeness (QED) is 0.323. The molecule has 1 N–H and O–H groups in total. The third-order valence-electron chi connectivity index (χ3n) is 5.67. The second kappa shape index (κ2) is 10.7. The maximum absolute atomic E-state index is 15.3. The Morgan fingerprint density at radius 1 is 0.943 bits per heavy atom. The van der Waals surface area contributed by atoms with Gasteiger partial charge in [0, 0.05) is 54.9 Å². The van der Waals surface area contributed by atoms with E-state index in [0.717, 1.165) is 16.7 Å². The van der Waals surface area contributed by atoms with Crippen LogP contribution in [0, 0.1) is 18.6 Å². The van der Waals surface area contributed by atoms with Crippen LogP contribution in [0.3, 0.4) is 0 Å².